The molecule has 5 rings (SSSR count). The van der Waals surface area contributed by atoms with Crippen LogP contribution in [0.2, 0.25) is 0 Å². The molecule has 0 radical (unpaired) electrons. The van der Waals surface area contributed by atoms with Crippen LogP contribution in [-0.2, 0) is 24.0 Å². The van der Waals surface area contributed by atoms with Gasteiger partial charge in [-0.3, -0.25) is 15.1 Å². The average Bonchev–Trinajstić information content (AvgIpc) is 3.49. The Bertz CT molecular complexity index is 1550. The zero-order valence-corrected chi connectivity index (χ0v) is 21.3. The summed E-state index contributed by atoms with van der Waals surface area (Å²) in [5, 5.41) is 17.7. The fourth-order valence-corrected chi connectivity index (χ4v) is 5.44. The summed E-state index contributed by atoms with van der Waals surface area (Å²) in [7, 11) is 4.68. The summed E-state index contributed by atoms with van der Waals surface area (Å²) in [5.74, 6) is -0.146. The van der Waals surface area contributed by atoms with Crippen LogP contribution in [0.1, 0.15) is 27.2 Å². The van der Waals surface area contributed by atoms with Crippen molar-refractivity contribution < 1.29 is 14.3 Å². The molecule has 3 heterocycles. The summed E-state index contributed by atoms with van der Waals surface area (Å²) in [6.45, 7) is 0. The highest BCUT2D eigenvalue weighted by Crippen LogP contribution is 2.44. The van der Waals surface area contributed by atoms with Crippen molar-refractivity contribution in [3.63, 3.8) is 0 Å². The minimum atomic E-state index is -0.590. The quantitative estimate of drug-likeness (QED) is 0.426. The van der Waals surface area contributed by atoms with Crippen LogP contribution in [0, 0.1) is 11.3 Å². The molecule has 0 spiro atoms. The second kappa shape index (κ2) is 9.83. The zero-order chi connectivity index (χ0) is 26.1. The van der Waals surface area contributed by atoms with Crippen molar-refractivity contribution >= 4 is 28.5 Å². The Balaban J connectivity index is 1.73. The molecule has 2 amide bonds. The first-order valence-electron chi connectivity index (χ1n) is 11.5. The van der Waals surface area contributed by atoms with Crippen LogP contribution in [-0.4, -0.2) is 57.9 Å². The summed E-state index contributed by atoms with van der Waals surface area (Å²) < 4.78 is 6.56. The number of aryl methyl sites for hydroxylation is 1. The third-order valence-electron chi connectivity index (χ3n) is 6.07. The number of hydrogen-bond donors (Lipinski definition) is 1. The normalized spacial score (nSPS) is 11.7. The van der Waals surface area contributed by atoms with Gasteiger partial charge in [-0.25, -0.2) is 14.5 Å². The molecule has 4 aromatic rings. The number of nitriles is 1. The number of amides is 2. The van der Waals surface area contributed by atoms with E-state index in [4.69, 9.17) is 9.84 Å². The number of aromatic nitrogens is 4. The fraction of sp³-hybridized carbons (Fsp3) is 0.231. The van der Waals surface area contributed by atoms with Gasteiger partial charge >= 0.3 is 6.09 Å². The van der Waals surface area contributed by atoms with E-state index in [1.165, 1.54) is 23.3 Å². The third-order valence-corrected chi connectivity index (χ3v) is 7.09. The lowest BCUT2D eigenvalue weighted by molar-refractivity contribution is 0.0827. The van der Waals surface area contributed by atoms with E-state index in [-0.39, 0.29) is 12.3 Å². The number of carbonyl (C=O) groups is 2. The number of ether oxygens (including phenoxy) is 1. The van der Waals surface area contributed by atoms with Gasteiger partial charge in [0, 0.05) is 43.2 Å². The van der Waals surface area contributed by atoms with E-state index in [0.717, 1.165) is 33.1 Å². The number of anilines is 1. The van der Waals surface area contributed by atoms with Gasteiger partial charge in [-0.2, -0.15) is 10.4 Å². The minimum Gasteiger partial charge on any atom is -0.453 e. The number of rotatable bonds is 5. The van der Waals surface area contributed by atoms with Crippen molar-refractivity contribution in [3.8, 4) is 33.6 Å². The van der Waals surface area contributed by atoms with E-state index < -0.39 is 6.09 Å². The van der Waals surface area contributed by atoms with E-state index in [2.05, 4.69) is 21.4 Å². The molecule has 0 saturated heterocycles. The van der Waals surface area contributed by atoms with Gasteiger partial charge in [0.2, 0.25) is 0 Å². The lowest BCUT2D eigenvalue weighted by Crippen LogP contribution is -2.22. The van der Waals surface area contributed by atoms with Crippen molar-refractivity contribution in [1.82, 2.24) is 24.6 Å². The predicted molar refractivity (Wildman–Crippen MR) is 139 cm³/mol. The second-order valence-corrected chi connectivity index (χ2v) is 9.62. The molecular weight excluding hydrogens is 490 g/mol. The Kier molecular flexibility index (Phi) is 6.42. The van der Waals surface area contributed by atoms with Crippen LogP contribution >= 0.6 is 11.3 Å². The smallest absolute Gasteiger partial charge is 0.413 e. The highest BCUT2D eigenvalue weighted by molar-refractivity contribution is 7.19. The first-order chi connectivity index (χ1) is 17.9. The van der Waals surface area contributed by atoms with Crippen LogP contribution < -0.4 is 5.32 Å². The van der Waals surface area contributed by atoms with Gasteiger partial charge in [-0.1, -0.05) is 11.3 Å². The topological polar surface area (TPSA) is 126 Å². The molecule has 186 valence electrons. The number of thiazole rings is 1. The lowest BCUT2D eigenvalue weighted by atomic mass is 9.95. The van der Waals surface area contributed by atoms with Gasteiger partial charge in [0.1, 0.15) is 0 Å². The SMILES string of the molecule is COC(=O)Nc1nc2c(s1)-c1c(c(-c3cccnc3)nn1-c1ccc(C(=O)N(C)C)cc1CC#N)CC2. The summed E-state index contributed by atoms with van der Waals surface area (Å²) in [6.07, 6.45) is 4.37. The Morgan fingerprint density at radius 1 is 1.27 bits per heavy atom. The maximum absolute atomic E-state index is 12.6. The number of carbonyl (C=O) groups excluding carboxylic acids is 2. The fourth-order valence-electron chi connectivity index (χ4n) is 4.38. The molecular formula is C26H23N7O3S. The average molecular weight is 514 g/mol. The van der Waals surface area contributed by atoms with E-state index >= 15 is 0 Å². The highest BCUT2D eigenvalue weighted by atomic mass is 32.1. The summed E-state index contributed by atoms with van der Waals surface area (Å²) in [4.78, 5) is 35.7. The van der Waals surface area contributed by atoms with Crippen molar-refractivity contribution in [1.29, 1.82) is 5.26 Å². The Morgan fingerprint density at radius 2 is 2.11 bits per heavy atom. The van der Waals surface area contributed by atoms with Gasteiger partial charge in [-0.15, -0.1) is 0 Å². The molecule has 0 unspecified atom stereocenters. The molecule has 10 nitrogen and oxygen atoms in total. The molecule has 1 N–H and O–H groups in total. The standard InChI is InChI=1S/C26H23N7O3S/c1-32(2)24(34)16-6-9-20(15(13-16)10-11-27)33-22-18(21(31-33)17-5-4-12-28-14-17)7-8-19-23(22)37-25(29-19)30-26(35)36-3/h4-6,9,12-14H,7-8,10H2,1-3H3,(H,29,30,35). The van der Waals surface area contributed by atoms with E-state index in [1.807, 2.05) is 22.9 Å². The number of pyridine rings is 1. The zero-order valence-electron chi connectivity index (χ0n) is 20.5. The van der Waals surface area contributed by atoms with Crippen molar-refractivity contribution in [3.05, 3.63) is 65.1 Å². The third kappa shape index (κ3) is 4.43. The Morgan fingerprint density at radius 3 is 2.81 bits per heavy atom. The molecule has 0 atom stereocenters. The van der Waals surface area contributed by atoms with Crippen molar-refractivity contribution in [2.75, 3.05) is 26.5 Å². The van der Waals surface area contributed by atoms with Crippen LogP contribution in [0.5, 0.6) is 0 Å². The van der Waals surface area contributed by atoms with E-state index in [9.17, 15) is 14.9 Å². The first kappa shape index (κ1) is 24.1. The van der Waals surface area contributed by atoms with Crippen LogP contribution in [0.4, 0.5) is 9.93 Å². The number of fused-ring (bicyclic) bond motifs is 3. The molecule has 0 fully saturated rings. The largest absolute Gasteiger partial charge is 0.453 e. The molecule has 0 aliphatic heterocycles. The molecule has 37 heavy (non-hydrogen) atoms. The maximum Gasteiger partial charge on any atom is 0.413 e. The number of nitrogens with one attached hydrogen (secondary N) is 1. The first-order valence-corrected chi connectivity index (χ1v) is 12.3. The Hall–Kier alpha value is -4.56. The molecule has 1 aromatic carbocycles. The highest BCUT2D eigenvalue weighted by Gasteiger charge is 2.31. The summed E-state index contributed by atoms with van der Waals surface area (Å²) in [5.41, 5.74) is 6.28. The lowest BCUT2D eigenvalue weighted by Gasteiger charge is -2.17. The molecule has 0 saturated carbocycles. The van der Waals surface area contributed by atoms with E-state index in [0.29, 0.717) is 34.8 Å². The maximum atomic E-state index is 12.6. The monoisotopic (exact) mass is 513 g/mol. The number of hydrogen-bond acceptors (Lipinski definition) is 8. The van der Waals surface area contributed by atoms with Crippen molar-refractivity contribution in [2.24, 2.45) is 0 Å². The number of nitrogens with zero attached hydrogens (tertiary/aromatic N) is 6. The van der Waals surface area contributed by atoms with Crippen LogP contribution in [0.25, 0.3) is 27.5 Å². The molecule has 11 heteroatoms. The Labute approximate surface area is 217 Å². The summed E-state index contributed by atoms with van der Waals surface area (Å²) in [6, 6.07) is 11.4. The van der Waals surface area contributed by atoms with Gasteiger partial charge in [0.15, 0.2) is 5.13 Å². The number of benzene rings is 1. The van der Waals surface area contributed by atoms with E-state index in [1.54, 1.807) is 38.6 Å². The molecule has 1 aliphatic carbocycles. The van der Waals surface area contributed by atoms with Crippen molar-refractivity contribution in [2.45, 2.75) is 19.3 Å². The minimum absolute atomic E-state index is 0.103. The predicted octanol–water partition coefficient (Wildman–Crippen LogP) is 4.10. The molecule has 3 aromatic heterocycles. The van der Waals surface area contributed by atoms with Crippen LogP contribution in [0.15, 0.2) is 42.7 Å². The van der Waals surface area contributed by atoms with Gasteiger partial charge in [0.25, 0.3) is 5.91 Å². The van der Waals surface area contributed by atoms with Gasteiger partial charge in [0.05, 0.1) is 47.2 Å². The second-order valence-electron chi connectivity index (χ2n) is 8.62. The van der Waals surface area contributed by atoms with Crippen LogP contribution in [0.3, 0.4) is 0 Å². The van der Waals surface area contributed by atoms with Gasteiger partial charge in [-0.05, 0) is 48.7 Å². The van der Waals surface area contributed by atoms with Gasteiger partial charge < -0.3 is 9.64 Å². The molecule has 0 bridgehead atoms. The molecule has 1 aliphatic rings. The summed E-state index contributed by atoms with van der Waals surface area (Å²) >= 11 is 1.34. The number of methoxy groups -OCH3 is 1.